The summed E-state index contributed by atoms with van der Waals surface area (Å²) in [4.78, 5) is 4.12. The Balaban J connectivity index is 0.00000225. The van der Waals surface area contributed by atoms with E-state index in [1.54, 1.807) is 0 Å². The number of hydrogen-bond acceptors (Lipinski definition) is 1. The molecule has 0 saturated heterocycles. The van der Waals surface area contributed by atoms with E-state index in [1.807, 2.05) is 12.3 Å². The van der Waals surface area contributed by atoms with Gasteiger partial charge >= 0.3 is 0 Å². The van der Waals surface area contributed by atoms with Crippen LogP contribution >= 0.6 is 11.6 Å². The molecule has 4 heteroatoms. The highest BCUT2D eigenvalue weighted by Crippen LogP contribution is 2.14. The van der Waals surface area contributed by atoms with Gasteiger partial charge in [0.25, 0.3) is 0 Å². The third-order valence-electron chi connectivity index (χ3n) is 3.32. The molecule has 2 nitrogen and oxygen atoms in total. The molecule has 0 amide bonds. The summed E-state index contributed by atoms with van der Waals surface area (Å²) in [5, 5.41) is 0.571. The van der Waals surface area contributed by atoms with Crippen molar-refractivity contribution in [3.8, 4) is 0 Å². The molecule has 0 saturated carbocycles. The molecule has 0 fully saturated rings. The zero-order valence-electron chi connectivity index (χ0n) is 10.2. The lowest BCUT2D eigenvalue weighted by Crippen LogP contribution is -3.00. The molecular weight excluding hydrogens is 243 g/mol. The Kier molecular flexibility index (Phi) is 6.96. The molecule has 0 atom stereocenters. The number of aromatic nitrogens is 1. The number of nitrogens with zero attached hydrogens (tertiary/aromatic N) is 2. The predicted octanol–water partition coefficient (Wildman–Crippen LogP) is 0.116. The topological polar surface area (TPSA) is 12.9 Å². The van der Waals surface area contributed by atoms with E-state index in [2.05, 4.69) is 31.8 Å². The minimum atomic E-state index is 0. The number of rotatable bonds is 5. The van der Waals surface area contributed by atoms with Crippen molar-refractivity contribution in [1.29, 1.82) is 0 Å². The Morgan fingerprint density at radius 1 is 1.12 bits per heavy atom. The fraction of sp³-hybridized carbons (Fsp3) is 0.583. The third kappa shape index (κ3) is 3.93. The minimum absolute atomic E-state index is 0. The van der Waals surface area contributed by atoms with E-state index < -0.39 is 0 Å². The zero-order valence-corrected chi connectivity index (χ0v) is 11.7. The Hall–Kier alpha value is -0.310. The van der Waals surface area contributed by atoms with E-state index in [0.29, 0.717) is 5.15 Å². The largest absolute Gasteiger partial charge is 1.00 e. The van der Waals surface area contributed by atoms with Crippen LogP contribution in [0.2, 0.25) is 5.15 Å². The molecule has 1 aromatic heterocycles. The van der Waals surface area contributed by atoms with Crippen LogP contribution < -0.4 is 12.4 Å². The van der Waals surface area contributed by atoms with Crippen LogP contribution in [0.25, 0.3) is 0 Å². The lowest BCUT2D eigenvalue weighted by molar-refractivity contribution is -0.936. The first-order valence-electron chi connectivity index (χ1n) is 5.61. The van der Waals surface area contributed by atoms with Gasteiger partial charge < -0.3 is 16.9 Å². The molecule has 0 aliphatic carbocycles. The molecular formula is C12H20Cl2N2. The number of quaternary nitrogens is 1. The van der Waals surface area contributed by atoms with Crippen LogP contribution in [-0.2, 0) is 6.54 Å². The van der Waals surface area contributed by atoms with Gasteiger partial charge in [-0.25, -0.2) is 4.98 Å². The number of hydrogen-bond donors (Lipinski definition) is 0. The highest BCUT2D eigenvalue weighted by molar-refractivity contribution is 6.29. The fourth-order valence-electron chi connectivity index (χ4n) is 1.89. The predicted molar refractivity (Wildman–Crippen MR) is 64.8 cm³/mol. The maximum absolute atomic E-state index is 5.77. The second-order valence-electron chi connectivity index (χ2n) is 3.94. The molecule has 0 unspecified atom stereocenters. The van der Waals surface area contributed by atoms with Crippen LogP contribution in [0.1, 0.15) is 26.3 Å². The molecule has 0 spiro atoms. The van der Waals surface area contributed by atoms with Gasteiger partial charge in [-0.1, -0.05) is 11.6 Å². The molecule has 0 aliphatic heterocycles. The molecule has 92 valence electrons. The summed E-state index contributed by atoms with van der Waals surface area (Å²) in [6, 6.07) is 3.94. The van der Waals surface area contributed by atoms with Gasteiger partial charge in [0.05, 0.1) is 19.6 Å². The SMILES string of the molecule is CC[N+](CC)(CC)Cc1ccc(Cl)nc1.[Cl-]. The van der Waals surface area contributed by atoms with E-state index in [1.165, 1.54) is 5.56 Å². The molecule has 16 heavy (non-hydrogen) atoms. The smallest absolute Gasteiger partial charge is 0.129 e. The lowest BCUT2D eigenvalue weighted by atomic mass is 10.2. The van der Waals surface area contributed by atoms with Gasteiger partial charge in [0, 0.05) is 11.8 Å². The fourth-order valence-corrected chi connectivity index (χ4v) is 2.01. The normalized spacial score (nSPS) is 11.0. The van der Waals surface area contributed by atoms with E-state index >= 15 is 0 Å². The van der Waals surface area contributed by atoms with Gasteiger partial charge in [-0.3, -0.25) is 0 Å². The minimum Gasteiger partial charge on any atom is -1.00 e. The average molecular weight is 263 g/mol. The Labute approximate surface area is 110 Å². The first-order valence-corrected chi connectivity index (χ1v) is 5.99. The average Bonchev–Trinajstić information content (AvgIpc) is 2.29. The van der Waals surface area contributed by atoms with E-state index in [4.69, 9.17) is 11.6 Å². The summed E-state index contributed by atoms with van der Waals surface area (Å²) in [5.74, 6) is 0. The van der Waals surface area contributed by atoms with Crippen molar-refractivity contribution in [3.63, 3.8) is 0 Å². The van der Waals surface area contributed by atoms with Crippen LogP contribution in [0.4, 0.5) is 0 Å². The van der Waals surface area contributed by atoms with E-state index in [9.17, 15) is 0 Å². The number of halogens is 2. The van der Waals surface area contributed by atoms with Crippen LogP contribution in [0, 0.1) is 0 Å². The maximum Gasteiger partial charge on any atom is 0.129 e. The third-order valence-corrected chi connectivity index (χ3v) is 3.54. The molecule has 0 N–H and O–H groups in total. The highest BCUT2D eigenvalue weighted by Gasteiger charge is 2.20. The highest BCUT2D eigenvalue weighted by atomic mass is 35.5. The summed E-state index contributed by atoms with van der Waals surface area (Å²) in [5.41, 5.74) is 1.27. The Morgan fingerprint density at radius 2 is 1.69 bits per heavy atom. The van der Waals surface area contributed by atoms with Crippen molar-refractivity contribution < 1.29 is 16.9 Å². The van der Waals surface area contributed by atoms with Gasteiger partial charge in [-0.15, -0.1) is 0 Å². The van der Waals surface area contributed by atoms with Gasteiger partial charge in [-0.05, 0) is 32.9 Å². The van der Waals surface area contributed by atoms with Crippen molar-refractivity contribution in [2.24, 2.45) is 0 Å². The van der Waals surface area contributed by atoms with Crippen molar-refractivity contribution in [3.05, 3.63) is 29.0 Å². The standard InChI is InChI=1S/C12H20ClN2.ClH/c1-4-15(5-2,6-3)10-11-7-8-12(13)14-9-11;/h7-9H,4-6,10H2,1-3H3;1H/q+1;/p-1. The van der Waals surface area contributed by atoms with E-state index in [0.717, 1.165) is 30.7 Å². The summed E-state index contributed by atoms with van der Waals surface area (Å²) < 4.78 is 1.11. The van der Waals surface area contributed by atoms with Crippen LogP contribution in [-0.4, -0.2) is 29.1 Å². The Morgan fingerprint density at radius 3 is 2.06 bits per heavy atom. The zero-order chi connectivity index (χ0) is 11.3. The second-order valence-corrected chi connectivity index (χ2v) is 4.32. The first kappa shape index (κ1) is 15.7. The maximum atomic E-state index is 5.77. The monoisotopic (exact) mass is 262 g/mol. The molecule has 1 rings (SSSR count). The summed E-state index contributed by atoms with van der Waals surface area (Å²) >= 11 is 5.77. The summed E-state index contributed by atoms with van der Waals surface area (Å²) in [6.45, 7) is 11.3. The van der Waals surface area contributed by atoms with Crippen molar-refractivity contribution in [2.75, 3.05) is 19.6 Å². The molecule has 0 bridgehead atoms. The summed E-state index contributed by atoms with van der Waals surface area (Å²) in [6.07, 6.45) is 1.89. The number of pyridine rings is 1. The van der Waals surface area contributed by atoms with Crippen LogP contribution in [0.5, 0.6) is 0 Å². The second kappa shape index (κ2) is 7.10. The molecule has 0 aliphatic rings. The molecule has 0 aromatic carbocycles. The van der Waals surface area contributed by atoms with Crippen molar-refractivity contribution >= 4 is 11.6 Å². The van der Waals surface area contributed by atoms with Crippen LogP contribution in [0.15, 0.2) is 18.3 Å². The summed E-state index contributed by atoms with van der Waals surface area (Å²) in [7, 11) is 0. The molecule has 1 aromatic rings. The van der Waals surface area contributed by atoms with Gasteiger partial charge in [-0.2, -0.15) is 0 Å². The van der Waals surface area contributed by atoms with Crippen LogP contribution in [0.3, 0.4) is 0 Å². The Bertz CT molecular complexity index is 286. The molecule has 1 heterocycles. The quantitative estimate of drug-likeness (QED) is 0.543. The first-order chi connectivity index (χ1) is 7.15. The molecule has 0 radical (unpaired) electrons. The van der Waals surface area contributed by atoms with Crippen molar-refractivity contribution in [1.82, 2.24) is 4.98 Å². The van der Waals surface area contributed by atoms with Gasteiger partial charge in [0.15, 0.2) is 0 Å². The van der Waals surface area contributed by atoms with Crippen molar-refractivity contribution in [2.45, 2.75) is 27.3 Å². The van der Waals surface area contributed by atoms with E-state index in [-0.39, 0.29) is 12.4 Å². The lowest BCUT2D eigenvalue weighted by Gasteiger charge is -2.35. The van der Waals surface area contributed by atoms with Gasteiger partial charge in [0.2, 0.25) is 0 Å². The van der Waals surface area contributed by atoms with Gasteiger partial charge in [0.1, 0.15) is 11.7 Å².